The topological polar surface area (TPSA) is 96.5 Å². The maximum atomic E-state index is 12.1. The minimum absolute atomic E-state index is 0.0789. The van der Waals surface area contributed by atoms with E-state index in [0.29, 0.717) is 35.7 Å². The number of methoxy groups -OCH3 is 1. The fourth-order valence-corrected chi connectivity index (χ4v) is 2.29. The van der Waals surface area contributed by atoms with Gasteiger partial charge < -0.3 is 20.7 Å². The van der Waals surface area contributed by atoms with Gasteiger partial charge in [-0.1, -0.05) is 13.8 Å². The van der Waals surface area contributed by atoms with E-state index in [0.717, 1.165) is 0 Å². The van der Waals surface area contributed by atoms with Crippen LogP contribution in [-0.2, 0) is 4.79 Å². The second-order valence-electron chi connectivity index (χ2n) is 6.46. The Morgan fingerprint density at radius 1 is 0.821 bits per heavy atom. The van der Waals surface area contributed by atoms with E-state index in [1.165, 1.54) is 0 Å². The fraction of sp³-hybridized carbons (Fsp3) is 0.286. The molecule has 3 N–H and O–H groups in total. The quantitative estimate of drug-likeness (QED) is 0.610. The van der Waals surface area contributed by atoms with Crippen LogP contribution in [0.15, 0.2) is 48.5 Å². The summed E-state index contributed by atoms with van der Waals surface area (Å²) in [6.07, 6.45) is 0. The van der Waals surface area contributed by atoms with Crippen molar-refractivity contribution in [3.63, 3.8) is 0 Å². The monoisotopic (exact) mass is 383 g/mol. The van der Waals surface area contributed by atoms with E-state index in [1.807, 2.05) is 13.8 Å². The van der Waals surface area contributed by atoms with Gasteiger partial charge in [-0.05, 0) is 48.5 Å². The van der Waals surface area contributed by atoms with E-state index < -0.39 is 0 Å². The first-order valence-corrected chi connectivity index (χ1v) is 9.02. The van der Waals surface area contributed by atoms with Gasteiger partial charge in [-0.15, -0.1) is 0 Å². The van der Waals surface area contributed by atoms with Crippen LogP contribution in [0.5, 0.6) is 5.75 Å². The van der Waals surface area contributed by atoms with E-state index in [9.17, 15) is 14.4 Å². The number of rotatable bonds is 8. The van der Waals surface area contributed by atoms with Gasteiger partial charge in [0.2, 0.25) is 5.91 Å². The first-order chi connectivity index (χ1) is 13.4. The maximum absolute atomic E-state index is 12.1. The molecule has 2 aromatic carbocycles. The predicted octanol–water partition coefficient (Wildman–Crippen LogP) is 2.45. The molecule has 0 aliphatic carbocycles. The summed E-state index contributed by atoms with van der Waals surface area (Å²) in [4.78, 5) is 35.8. The molecular formula is C21H25N3O4. The van der Waals surface area contributed by atoms with Crippen LogP contribution in [0.25, 0.3) is 0 Å². The van der Waals surface area contributed by atoms with Crippen molar-refractivity contribution >= 4 is 23.4 Å². The standard InChI is InChI=1S/C21H25N3O4/c1-14(2)19(25)24-17-8-4-15(5-9-17)20(26)22-12-13-23-21(27)16-6-10-18(28-3)11-7-16/h4-11,14H,12-13H2,1-3H3,(H,22,26)(H,23,27)(H,24,25). The lowest BCUT2D eigenvalue weighted by molar-refractivity contribution is -0.118. The van der Waals surface area contributed by atoms with Crippen molar-refractivity contribution in [1.82, 2.24) is 10.6 Å². The van der Waals surface area contributed by atoms with E-state index in [-0.39, 0.29) is 23.6 Å². The van der Waals surface area contributed by atoms with Gasteiger partial charge in [0.15, 0.2) is 0 Å². The molecule has 0 bridgehead atoms. The number of ether oxygens (including phenoxy) is 1. The van der Waals surface area contributed by atoms with Gasteiger partial charge in [0.05, 0.1) is 7.11 Å². The number of carbonyl (C=O) groups excluding carboxylic acids is 3. The molecule has 0 saturated carbocycles. The van der Waals surface area contributed by atoms with Gasteiger partial charge >= 0.3 is 0 Å². The molecule has 3 amide bonds. The highest BCUT2D eigenvalue weighted by molar-refractivity contribution is 5.96. The minimum Gasteiger partial charge on any atom is -0.497 e. The Hall–Kier alpha value is -3.35. The van der Waals surface area contributed by atoms with Crippen molar-refractivity contribution in [1.29, 1.82) is 0 Å². The average Bonchev–Trinajstić information content (AvgIpc) is 2.71. The van der Waals surface area contributed by atoms with Crippen molar-refractivity contribution in [2.75, 3.05) is 25.5 Å². The Morgan fingerprint density at radius 3 is 1.71 bits per heavy atom. The summed E-state index contributed by atoms with van der Waals surface area (Å²) in [7, 11) is 1.56. The van der Waals surface area contributed by atoms with Crippen LogP contribution in [0.2, 0.25) is 0 Å². The van der Waals surface area contributed by atoms with Crippen molar-refractivity contribution in [3.05, 3.63) is 59.7 Å². The molecule has 7 nitrogen and oxygen atoms in total. The second-order valence-corrected chi connectivity index (χ2v) is 6.46. The van der Waals surface area contributed by atoms with Gasteiger partial charge in [-0.2, -0.15) is 0 Å². The van der Waals surface area contributed by atoms with E-state index in [2.05, 4.69) is 16.0 Å². The summed E-state index contributed by atoms with van der Waals surface area (Å²) >= 11 is 0. The maximum Gasteiger partial charge on any atom is 0.251 e. The Labute approximate surface area is 164 Å². The third kappa shape index (κ3) is 6.12. The zero-order chi connectivity index (χ0) is 20.5. The number of nitrogens with one attached hydrogen (secondary N) is 3. The third-order valence-corrected chi connectivity index (χ3v) is 3.99. The van der Waals surface area contributed by atoms with Crippen LogP contribution in [0.4, 0.5) is 5.69 Å². The molecule has 0 aliphatic rings. The van der Waals surface area contributed by atoms with Crippen LogP contribution >= 0.6 is 0 Å². The SMILES string of the molecule is COc1ccc(C(=O)NCCNC(=O)c2ccc(NC(=O)C(C)C)cc2)cc1. The molecule has 0 unspecified atom stereocenters. The molecule has 0 radical (unpaired) electrons. The molecule has 0 heterocycles. The molecular weight excluding hydrogens is 358 g/mol. The van der Waals surface area contributed by atoms with E-state index in [1.54, 1.807) is 55.6 Å². The smallest absolute Gasteiger partial charge is 0.251 e. The molecule has 0 fully saturated rings. The summed E-state index contributed by atoms with van der Waals surface area (Å²) in [6.45, 7) is 4.22. The lowest BCUT2D eigenvalue weighted by Crippen LogP contribution is -2.34. The fourth-order valence-electron chi connectivity index (χ4n) is 2.29. The molecule has 0 atom stereocenters. The average molecular weight is 383 g/mol. The zero-order valence-corrected chi connectivity index (χ0v) is 16.2. The predicted molar refractivity (Wildman–Crippen MR) is 108 cm³/mol. The van der Waals surface area contributed by atoms with Crippen LogP contribution in [0.3, 0.4) is 0 Å². The molecule has 2 aromatic rings. The van der Waals surface area contributed by atoms with Crippen molar-refractivity contribution in [3.8, 4) is 5.75 Å². The Kier molecular flexibility index (Phi) is 7.56. The lowest BCUT2D eigenvalue weighted by Gasteiger charge is -2.09. The highest BCUT2D eigenvalue weighted by Crippen LogP contribution is 2.12. The molecule has 7 heteroatoms. The molecule has 28 heavy (non-hydrogen) atoms. The molecule has 148 valence electrons. The number of anilines is 1. The highest BCUT2D eigenvalue weighted by atomic mass is 16.5. The number of hydrogen-bond donors (Lipinski definition) is 3. The summed E-state index contributed by atoms with van der Waals surface area (Å²) in [5.41, 5.74) is 1.64. The summed E-state index contributed by atoms with van der Waals surface area (Å²) in [6, 6.07) is 13.4. The van der Waals surface area contributed by atoms with Crippen LogP contribution < -0.4 is 20.7 Å². The van der Waals surface area contributed by atoms with E-state index in [4.69, 9.17) is 4.74 Å². The van der Waals surface area contributed by atoms with Crippen molar-refractivity contribution in [2.45, 2.75) is 13.8 Å². The number of benzene rings is 2. The summed E-state index contributed by atoms with van der Waals surface area (Å²) in [5.74, 6) is 0.0158. The molecule has 2 rings (SSSR count). The minimum atomic E-state index is -0.250. The Bertz CT molecular complexity index is 815. The van der Waals surface area contributed by atoms with Crippen LogP contribution in [-0.4, -0.2) is 37.9 Å². The van der Waals surface area contributed by atoms with Crippen molar-refractivity contribution in [2.24, 2.45) is 5.92 Å². The van der Waals surface area contributed by atoms with Gasteiger partial charge in [-0.3, -0.25) is 14.4 Å². The molecule has 0 aromatic heterocycles. The van der Waals surface area contributed by atoms with Gasteiger partial charge in [0.25, 0.3) is 11.8 Å². The largest absolute Gasteiger partial charge is 0.497 e. The first-order valence-electron chi connectivity index (χ1n) is 9.02. The molecule has 0 spiro atoms. The number of carbonyl (C=O) groups is 3. The lowest BCUT2D eigenvalue weighted by atomic mass is 10.1. The third-order valence-electron chi connectivity index (χ3n) is 3.99. The van der Waals surface area contributed by atoms with Gasteiger partial charge in [0, 0.05) is 35.8 Å². The highest BCUT2D eigenvalue weighted by Gasteiger charge is 2.09. The van der Waals surface area contributed by atoms with Crippen LogP contribution in [0, 0.1) is 5.92 Å². The van der Waals surface area contributed by atoms with Crippen molar-refractivity contribution < 1.29 is 19.1 Å². The van der Waals surface area contributed by atoms with Crippen LogP contribution in [0.1, 0.15) is 34.6 Å². The van der Waals surface area contributed by atoms with E-state index >= 15 is 0 Å². The number of amides is 3. The Balaban J connectivity index is 1.75. The van der Waals surface area contributed by atoms with Gasteiger partial charge in [-0.25, -0.2) is 0 Å². The molecule has 0 aliphatic heterocycles. The normalized spacial score (nSPS) is 10.3. The molecule has 0 saturated heterocycles. The summed E-state index contributed by atoms with van der Waals surface area (Å²) in [5, 5.41) is 8.25. The second kappa shape index (κ2) is 10.1. The zero-order valence-electron chi connectivity index (χ0n) is 16.2. The number of hydrogen-bond acceptors (Lipinski definition) is 4. The van der Waals surface area contributed by atoms with Gasteiger partial charge in [0.1, 0.15) is 5.75 Å². The first kappa shape index (κ1) is 21.0. The summed E-state index contributed by atoms with van der Waals surface area (Å²) < 4.78 is 5.05. The Morgan fingerprint density at radius 2 is 1.29 bits per heavy atom.